The summed E-state index contributed by atoms with van der Waals surface area (Å²) in [5.74, 6) is 0. The number of benzene rings is 3. The maximum atomic E-state index is 2.36. The molecule has 0 aliphatic heterocycles. The molecule has 1 nitrogen and oxygen atoms in total. The van der Waals surface area contributed by atoms with Crippen molar-refractivity contribution >= 4 is 22.1 Å². The number of aryl methyl sites for hydroxylation is 1. The Labute approximate surface area is 156 Å². The van der Waals surface area contributed by atoms with Crippen LogP contribution in [0.4, 0.5) is 11.4 Å². The molecular formula is C25H25N. The first kappa shape index (κ1) is 16.7. The Morgan fingerprint density at radius 3 is 2.19 bits per heavy atom. The second kappa shape index (κ2) is 6.49. The smallest absolute Gasteiger partial charge is 0.0467 e. The molecular weight excluding hydrogens is 314 g/mol. The van der Waals surface area contributed by atoms with Gasteiger partial charge in [0.15, 0.2) is 0 Å². The summed E-state index contributed by atoms with van der Waals surface area (Å²) in [6.07, 6.45) is 7.99. The molecule has 3 aromatic carbocycles. The van der Waals surface area contributed by atoms with Gasteiger partial charge in [0.05, 0.1) is 0 Å². The monoisotopic (exact) mass is 339 g/mol. The summed E-state index contributed by atoms with van der Waals surface area (Å²) >= 11 is 0. The van der Waals surface area contributed by atoms with Gasteiger partial charge in [-0.05, 0) is 59.9 Å². The van der Waals surface area contributed by atoms with Gasteiger partial charge in [-0.2, -0.15) is 0 Å². The fourth-order valence-corrected chi connectivity index (χ4v) is 3.44. The Hall–Kier alpha value is -2.80. The van der Waals surface area contributed by atoms with Crippen LogP contribution in [0.15, 0.2) is 90.7 Å². The highest BCUT2D eigenvalue weighted by Gasteiger charge is 2.20. The summed E-state index contributed by atoms with van der Waals surface area (Å²) in [6, 6.07) is 24.0. The lowest BCUT2D eigenvalue weighted by Crippen LogP contribution is -2.19. The minimum Gasteiger partial charge on any atom is -0.311 e. The summed E-state index contributed by atoms with van der Waals surface area (Å²) in [5.41, 5.74) is 5.14. The fourth-order valence-electron chi connectivity index (χ4n) is 3.44. The summed E-state index contributed by atoms with van der Waals surface area (Å²) in [7, 11) is 0. The van der Waals surface area contributed by atoms with Crippen molar-refractivity contribution in [2.24, 2.45) is 5.41 Å². The lowest BCUT2D eigenvalue weighted by molar-refractivity contribution is 0.481. The predicted molar refractivity (Wildman–Crippen MR) is 113 cm³/mol. The molecule has 0 amide bonds. The number of nitrogens with zero attached hydrogens (tertiary/aromatic N) is 1. The topological polar surface area (TPSA) is 3.24 Å². The van der Waals surface area contributed by atoms with Crippen molar-refractivity contribution in [1.82, 2.24) is 0 Å². The molecule has 0 heterocycles. The summed E-state index contributed by atoms with van der Waals surface area (Å²) in [6.45, 7) is 6.69. The lowest BCUT2D eigenvalue weighted by atomic mass is 9.85. The van der Waals surface area contributed by atoms with Crippen LogP contribution in [-0.2, 0) is 0 Å². The van der Waals surface area contributed by atoms with Crippen molar-refractivity contribution in [3.63, 3.8) is 0 Å². The van der Waals surface area contributed by atoms with Crippen molar-refractivity contribution in [2.45, 2.75) is 27.2 Å². The van der Waals surface area contributed by atoms with Gasteiger partial charge in [-0.15, -0.1) is 0 Å². The van der Waals surface area contributed by atoms with Crippen molar-refractivity contribution in [3.05, 3.63) is 96.2 Å². The molecule has 130 valence electrons. The molecule has 1 aliphatic carbocycles. The van der Waals surface area contributed by atoms with Crippen LogP contribution >= 0.6 is 0 Å². The predicted octanol–water partition coefficient (Wildman–Crippen LogP) is 7.16. The number of hydrogen-bond acceptors (Lipinski definition) is 1. The van der Waals surface area contributed by atoms with Crippen LogP contribution in [-0.4, -0.2) is 0 Å². The van der Waals surface area contributed by atoms with Crippen LogP contribution in [0.25, 0.3) is 10.8 Å². The normalized spacial score (nSPS) is 15.7. The average molecular weight is 339 g/mol. The number of rotatable bonds is 3. The highest BCUT2D eigenvalue weighted by atomic mass is 15.1. The zero-order chi connectivity index (χ0) is 18.1. The molecule has 0 atom stereocenters. The number of anilines is 2. The highest BCUT2D eigenvalue weighted by Crippen LogP contribution is 2.37. The van der Waals surface area contributed by atoms with E-state index < -0.39 is 0 Å². The van der Waals surface area contributed by atoms with Crippen LogP contribution in [0, 0.1) is 12.3 Å². The van der Waals surface area contributed by atoms with E-state index in [-0.39, 0.29) is 5.41 Å². The minimum atomic E-state index is 0.228. The number of allylic oxidation sites excluding steroid dienone is 3. The molecule has 0 aromatic heterocycles. The van der Waals surface area contributed by atoms with Crippen molar-refractivity contribution in [3.8, 4) is 0 Å². The molecule has 0 saturated carbocycles. The summed E-state index contributed by atoms with van der Waals surface area (Å²) in [5, 5.41) is 2.54. The van der Waals surface area contributed by atoms with E-state index in [1.807, 2.05) is 0 Å². The SMILES string of the molecule is Cc1ccc(N(C2=CCC(C)(C)C=C2)c2ccc3ccccc3c2)cc1. The van der Waals surface area contributed by atoms with Crippen LogP contribution in [0.5, 0.6) is 0 Å². The Bertz CT molecular complexity index is 990. The van der Waals surface area contributed by atoms with Gasteiger partial charge in [0.1, 0.15) is 0 Å². The average Bonchev–Trinajstić information content (AvgIpc) is 2.65. The molecule has 4 rings (SSSR count). The molecule has 1 heteroatoms. The third kappa shape index (κ3) is 3.30. The maximum Gasteiger partial charge on any atom is 0.0467 e. The van der Waals surface area contributed by atoms with E-state index in [2.05, 4.69) is 111 Å². The van der Waals surface area contributed by atoms with Crippen LogP contribution in [0.1, 0.15) is 25.8 Å². The van der Waals surface area contributed by atoms with Crippen LogP contribution in [0.2, 0.25) is 0 Å². The van der Waals surface area contributed by atoms with Gasteiger partial charge in [0.25, 0.3) is 0 Å². The minimum absolute atomic E-state index is 0.228. The summed E-state index contributed by atoms with van der Waals surface area (Å²) in [4.78, 5) is 2.36. The van der Waals surface area contributed by atoms with E-state index in [0.717, 1.165) is 6.42 Å². The van der Waals surface area contributed by atoms with E-state index >= 15 is 0 Å². The molecule has 0 radical (unpaired) electrons. The largest absolute Gasteiger partial charge is 0.311 e. The number of hydrogen-bond donors (Lipinski definition) is 0. The second-order valence-electron chi connectivity index (χ2n) is 7.86. The first-order valence-electron chi connectivity index (χ1n) is 9.27. The summed E-state index contributed by atoms with van der Waals surface area (Å²) < 4.78 is 0. The van der Waals surface area contributed by atoms with E-state index in [4.69, 9.17) is 0 Å². The molecule has 26 heavy (non-hydrogen) atoms. The highest BCUT2D eigenvalue weighted by molar-refractivity contribution is 5.87. The molecule has 0 fully saturated rings. The Morgan fingerprint density at radius 2 is 1.50 bits per heavy atom. The van der Waals surface area contributed by atoms with E-state index in [1.54, 1.807) is 0 Å². The molecule has 0 unspecified atom stereocenters. The molecule has 0 spiro atoms. The van der Waals surface area contributed by atoms with E-state index in [1.165, 1.54) is 33.4 Å². The second-order valence-corrected chi connectivity index (χ2v) is 7.86. The Morgan fingerprint density at radius 1 is 0.808 bits per heavy atom. The molecule has 3 aromatic rings. The third-order valence-corrected chi connectivity index (χ3v) is 5.08. The van der Waals surface area contributed by atoms with Crippen LogP contribution < -0.4 is 4.90 Å². The fraction of sp³-hybridized carbons (Fsp3) is 0.200. The quantitative estimate of drug-likeness (QED) is 0.489. The van der Waals surface area contributed by atoms with Crippen molar-refractivity contribution in [1.29, 1.82) is 0 Å². The maximum absolute atomic E-state index is 2.36. The van der Waals surface area contributed by atoms with Gasteiger partial charge in [0.2, 0.25) is 0 Å². The molecule has 0 N–H and O–H groups in total. The first-order valence-corrected chi connectivity index (χ1v) is 9.27. The van der Waals surface area contributed by atoms with Gasteiger partial charge < -0.3 is 4.90 Å². The van der Waals surface area contributed by atoms with Gasteiger partial charge in [-0.25, -0.2) is 0 Å². The third-order valence-electron chi connectivity index (χ3n) is 5.08. The Balaban J connectivity index is 1.83. The van der Waals surface area contributed by atoms with Crippen LogP contribution in [0.3, 0.4) is 0 Å². The zero-order valence-electron chi connectivity index (χ0n) is 15.7. The standard InChI is InChI=1S/C25H25N/c1-19-8-11-22(12-9-19)26(23-14-16-25(2,3)17-15-23)24-13-10-20-6-4-5-7-21(20)18-24/h4-16,18H,17H2,1-3H3. The molecule has 0 bridgehead atoms. The number of fused-ring (bicyclic) bond motifs is 1. The van der Waals surface area contributed by atoms with Gasteiger partial charge in [-0.3, -0.25) is 0 Å². The van der Waals surface area contributed by atoms with Gasteiger partial charge in [0, 0.05) is 17.1 Å². The Kier molecular flexibility index (Phi) is 4.16. The van der Waals surface area contributed by atoms with E-state index in [9.17, 15) is 0 Å². The van der Waals surface area contributed by atoms with Crippen molar-refractivity contribution in [2.75, 3.05) is 4.90 Å². The van der Waals surface area contributed by atoms with Gasteiger partial charge in [-0.1, -0.05) is 74.0 Å². The van der Waals surface area contributed by atoms with Crippen molar-refractivity contribution < 1.29 is 0 Å². The van der Waals surface area contributed by atoms with Gasteiger partial charge >= 0.3 is 0 Å². The lowest BCUT2D eigenvalue weighted by Gasteiger charge is -2.31. The molecule has 1 aliphatic rings. The first-order chi connectivity index (χ1) is 12.5. The zero-order valence-corrected chi connectivity index (χ0v) is 15.7. The molecule has 0 saturated heterocycles. The van der Waals surface area contributed by atoms with E-state index in [0.29, 0.717) is 0 Å².